The van der Waals surface area contributed by atoms with E-state index in [9.17, 15) is 0 Å². The molecule has 0 unspecified atom stereocenters. The Morgan fingerprint density at radius 1 is 1.78 bits per heavy atom. The van der Waals surface area contributed by atoms with Gasteiger partial charge in [0.25, 0.3) is 0 Å². The SMILES string of the molecule is CO[C@@]1(CO)CCNC1. The first kappa shape index (κ1) is 6.99. The maximum absolute atomic E-state index is 8.85. The molecule has 1 aliphatic rings. The van der Waals surface area contributed by atoms with E-state index >= 15 is 0 Å². The highest BCUT2D eigenvalue weighted by Gasteiger charge is 2.32. The molecule has 0 saturated carbocycles. The number of rotatable bonds is 2. The molecule has 0 bridgehead atoms. The first-order valence-electron chi connectivity index (χ1n) is 3.20. The number of nitrogens with one attached hydrogen (secondary N) is 1. The van der Waals surface area contributed by atoms with Crippen molar-refractivity contribution in [3.8, 4) is 0 Å². The summed E-state index contributed by atoms with van der Waals surface area (Å²) in [5.41, 5.74) is -0.278. The Morgan fingerprint density at radius 3 is 2.78 bits per heavy atom. The first-order chi connectivity index (χ1) is 4.33. The van der Waals surface area contributed by atoms with Crippen LogP contribution < -0.4 is 5.32 Å². The molecular formula is C6H13NO2. The zero-order chi connectivity index (χ0) is 6.74. The number of hydrogen-bond donors (Lipinski definition) is 2. The van der Waals surface area contributed by atoms with Gasteiger partial charge >= 0.3 is 0 Å². The lowest BCUT2D eigenvalue weighted by molar-refractivity contribution is -0.0358. The number of hydrogen-bond acceptors (Lipinski definition) is 3. The van der Waals surface area contributed by atoms with E-state index in [0.717, 1.165) is 19.5 Å². The van der Waals surface area contributed by atoms with Gasteiger partial charge in [-0.1, -0.05) is 0 Å². The van der Waals surface area contributed by atoms with E-state index in [1.54, 1.807) is 7.11 Å². The lowest BCUT2D eigenvalue weighted by Gasteiger charge is -2.22. The van der Waals surface area contributed by atoms with Crippen molar-refractivity contribution >= 4 is 0 Å². The van der Waals surface area contributed by atoms with Crippen molar-refractivity contribution in [2.75, 3.05) is 26.8 Å². The smallest absolute Gasteiger partial charge is 0.104 e. The summed E-state index contributed by atoms with van der Waals surface area (Å²) in [4.78, 5) is 0. The molecule has 1 rings (SSSR count). The lowest BCUT2D eigenvalue weighted by Crippen LogP contribution is -2.37. The molecular weight excluding hydrogens is 118 g/mol. The van der Waals surface area contributed by atoms with Gasteiger partial charge < -0.3 is 15.2 Å². The van der Waals surface area contributed by atoms with Gasteiger partial charge in [-0.3, -0.25) is 0 Å². The van der Waals surface area contributed by atoms with Crippen molar-refractivity contribution in [3.05, 3.63) is 0 Å². The van der Waals surface area contributed by atoms with Crippen molar-refractivity contribution in [3.63, 3.8) is 0 Å². The predicted molar refractivity (Wildman–Crippen MR) is 34.3 cm³/mol. The second-order valence-corrected chi connectivity index (χ2v) is 2.47. The molecule has 1 atom stereocenters. The molecule has 0 aromatic rings. The molecule has 9 heavy (non-hydrogen) atoms. The Morgan fingerprint density at radius 2 is 2.56 bits per heavy atom. The Bertz CT molecular complexity index is 83.1. The van der Waals surface area contributed by atoms with Crippen LogP contribution in [-0.2, 0) is 4.74 Å². The number of ether oxygens (including phenoxy) is 1. The number of aliphatic hydroxyl groups is 1. The fraction of sp³-hybridized carbons (Fsp3) is 1.00. The van der Waals surface area contributed by atoms with Crippen LogP contribution in [0.2, 0.25) is 0 Å². The molecule has 1 fully saturated rings. The summed E-state index contributed by atoms with van der Waals surface area (Å²) in [5.74, 6) is 0. The molecule has 1 saturated heterocycles. The fourth-order valence-corrected chi connectivity index (χ4v) is 1.09. The van der Waals surface area contributed by atoms with Crippen LogP contribution in [0.15, 0.2) is 0 Å². The van der Waals surface area contributed by atoms with E-state index in [2.05, 4.69) is 5.32 Å². The zero-order valence-corrected chi connectivity index (χ0v) is 5.68. The lowest BCUT2D eigenvalue weighted by atomic mass is 10.1. The third kappa shape index (κ3) is 1.23. The van der Waals surface area contributed by atoms with E-state index in [4.69, 9.17) is 9.84 Å². The third-order valence-corrected chi connectivity index (χ3v) is 1.93. The second kappa shape index (κ2) is 2.64. The van der Waals surface area contributed by atoms with Gasteiger partial charge in [0.2, 0.25) is 0 Å². The molecule has 0 aromatic heterocycles. The highest BCUT2D eigenvalue weighted by molar-refractivity contribution is 4.88. The van der Waals surface area contributed by atoms with Gasteiger partial charge in [0.05, 0.1) is 6.61 Å². The quantitative estimate of drug-likeness (QED) is 0.523. The maximum atomic E-state index is 8.85. The summed E-state index contributed by atoms with van der Waals surface area (Å²) in [6.45, 7) is 1.85. The van der Waals surface area contributed by atoms with Crippen LogP contribution in [0.1, 0.15) is 6.42 Å². The summed E-state index contributed by atoms with van der Waals surface area (Å²) in [5, 5.41) is 12.0. The summed E-state index contributed by atoms with van der Waals surface area (Å²) < 4.78 is 5.14. The van der Waals surface area contributed by atoms with Crippen LogP contribution in [-0.4, -0.2) is 37.5 Å². The van der Waals surface area contributed by atoms with Gasteiger partial charge in [-0.2, -0.15) is 0 Å². The molecule has 0 amide bonds. The van der Waals surface area contributed by atoms with Crippen molar-refractivity contribution < 1.29 is 9.84 Å². The van der Waals surface area contributed by atoms with Gasteiger partial charge in [-0.15, -0.1) is 0 Å². The van der Waals surface area contributed by atoms with Crippen molar-refractivity contribution in [2.24, 2.45) is 0 Å². The van der Waals surface area contributed by atoms with E-state index in [1.165, 1.54) is 0 Å². The number of methoxy groups -OCH3 is 1. The van der Waals surface area contributed by atoms with Crippen LogP contribution in [0.3, 0.4) is 0 Å². The molecule has 0 aromatic carbocycles. The molecule has 0 aliphatic carbocycles. The predicted octanol–water partition coefficient (Wildman–Crippen LogP) is -0.643. The minimum absolute atomic E-state index is 0.122. The highest BCUT2D eigenvalue weighted by Crippen LogP contribution is 2.16. The average molecular weight is 131 g/mol. The topological polar surface area (TPSA) is 41.5 Å². The van der Waals surface area contributed by atoms with Crippen molar-refractivity contribution in [1.29, 1.82) is 0 Å². The standard InChI is InChI=1S/C6H13NO2/c1-9-6(5-8)2-3-7-4-6/h7-8H,2-5H2,1H3/t6-/m0/s1. The summed E-state index contributed by atoms with van der Waals surface area (Å²) in [6, 6.07) is 0. The van der Waals surface area contributed by atoms with Gasteiger partial charge in [0.15, 0.2) is 0 Å². The van der Waals surface area contributed by atoms with Crippen molar-refractivity contribution in [1.82, 2.24) is 5.32 Å². The molecule has 1 aliphatic heterocycles. The Kier molecular flexibility index (Phi) is 2.05. The molecule has 0 spiro atoms. The molecule has 3 nitrogen and oxygen atoms in total. The fourth-order valence-electron chi connectivity index (χ4n) is 1.09. The van der Waals surface area contributed by atoms with E-state index in [-0.39, 0.29) is 12.2 Å². The van der Waals surface area contributed by atoms with Crippen LogP contribution >= 0.6 is 0 Å². The summed E-state index contributed by atoms with van der Waals surface area (Å²) >= 11 is 0. The van der Waals surface area contributed by atoms with Crippen LogP contribution in [0.25, 0.3) is 0 Å². The first-order valence-corrected chi connectivity index (χ1v) is 3.20. The maximum Gasteiger partial charge on any atom is 0.104 e. The van der Waals surface area contributed by atoms with Gasteiger partial charge in [-0.05, 0) is 13.0 Å². The van der Waals surface area contributed by atoms with Gasteiger partial charge in [0, 0.05) is 13.7 Å². The summed E-state index contributed by atoms with van der Waals surface area (Å²) in [7, 11) is 1.64. The summed E-state index contributed by atoms with van der Waals surface area (Å²) in [6.07, 6.45) is 0.917. The van der Waals surface area contributed by atoms with Crippen LogP contribution in [0.4, 0.5) is 0 Å². The number of aliphatic hydroxyl groups excluding tert-OH is 1. The van der Waals surface area contributed by atoms with Crippen molar-refractivity contribution in [2.45, 2.75) is 12.0 Å². The minimum atomic E-state index is -0.278. The average Bonchev–Trinajstić information content (AvgIpc) is 2.36. The second-order valence-electron chi connectivity index (χ2n) is 2.47. The Labute approximate surface area is 55.0 Å². The normalized spacial score (nSPS) is 35.3. The van der Waals surface area contributed by atoms with Gasteiger partial charge in [0.1, 0.15) is 5.60 Å². The monoisotopic (exact) mass is 131 g/mol. The van der Waals surface area contributed by atoms with E-state index in [0.29, 0.717) is 0 Å². The highest BCUT2D eigenvalue weighted by atomic mass is 16.5. The molecule has 1 heterocycles. The molecule has 2 N–H and O–H groups in total. The van der Waals surface area contributed by atoms with Gasteiger partial charge in [-0.25, -0.2) is 0 Å². The van der Waals surface area contributed by atoms with Crippen LogP contribution in [0.5, 0.6) is 0 Å². The Hall–Kier alpha value is -0.120. The Balaban J connectivity index is 2.45. The molecule has 0 radical (unpaired) electrons. The van der Waals surface area contributed by atoms with Crippen LogP contribution in [0, 0.1) is 0 Å². The third-order valence-electron chi connectivity index (χ3n) is 1.93. The zero-order valence-electron chi connectivity index (χ0n) is 5.68. The van der Waals surface area contributed by atoms with E-state index < -0.39 is 0 Å². The molecule has 3 heteroatoms. The largest absolute Gasteiger partial charge is 0.393 e. The molecule has 54 valence electrons. The van der Waals surface area contributed by atoms with E-state index in [1.807, 2.05) is 0 Å². The minimum Gasteiger partial charge on any atom is -0.393 e.